The third kappa shape index (κ3) is 7.02. The third-order valence-electron chi connectivity index (χ3n) is 2.10. The fraction of sp³-hybridized carbons (Fsp3) is 0.700. The Hall–Kier alpha value is -0.970. The van der Waals surface area contributed by atoms with Crippen molar-refractivity contribution >= 4 is 5.97 Å². The van der Waals surface area contributed by atoms with Crippen molar-refractivity contribution in [2.24, 2.45) is 5.92 Å². The number of hydrogen-bond donors (Lipinski definition) is 0. The van der Waals surface area contributed by atoms with Crippen molar-refractivity contribution in [2.45, 2.75) is 33.0 Å². The van der Waals surface area contributed by atoms with Crippen molar-refractivity contribution < 1.29 is 23.0 Å². The molecular weight excluding hydrogens is 206 g/mol. The van der Waals surface area contributed by atoms with E-state index in [1.165, 1.54) is 0 Å². The summed E-state index contributed by atoms with van der Waals surface area (Å²) in [6.45, 7) is 3.97. The van der Waals surface area contributed by atoms with E-state index in [1.54, 1.807) is 13.8 Å². The molecule has 88 valence electrons. The van der Waals surface area contributed by atoms with E-state index < -0.39 is 18.7 Å². The van der Waals surface area contributed by atoms with Crippen molar-refractivity contribution in [3.05, 3.63) is 12.7 Å². The van der Waals surface area contributed by atoms with E-state index in [9.17, 15) is 13.6 Å². The predicted molar refractivity (Wildman–Crippen MR) is 51.5 cm³/mol. The van der Waals surface area contributed by atoms with Crippen LogP contribution in [0.3, 0.4) is 0 Å². The number of rotatable bonds is 7. The summed E-state index contributed by atoms with van der Waals surface area (Å²) < 4.78 is 32.7. The van der Waals surface area contributed by atoms with Gasteiger partial charge in [-0.05, 0) is 19.3 Å². The Labute approximate surface area is 88.1 Å². The monoisotopic (exact) mass is 222 g/mol. The van der Waals surface area contributed by atoms with Gasteiger partial charge in [-0.15, -0.1) is 0 Å². The summed E-state index contributed by atoms with van der Waals surface area (Å²) in [5, 5.41) is 0. The zero-order chi connectivity index (χ0) is 11.8. The first-order valence-corrected chi connectivity index (χ1v) is 4.70. The lowest BCUT2D eigenvalue weighted by Crippen LogP contribution is -2.22. The van der Waals surface area contributed by atoms with Crippen LogP contribution in [0.2, 0.25) is 0 Å². The number of hydrogen-bond acceptors (Lipinski definition) is 3. The number of carbonyl (C=O) groups excluding carboxylic acids is 1. The lowest BCUT2D eigenvalue weighted by atomic mass is 10.0. The van der Waals surface area contributed by atoms with Gasteiger partial charge in [0.2, 0.25) is 0 Å². The highest BCUT2D eigenvalue weighted by Gasteiger charge is 2.17. The summed E-state index contributed by atoms with van der Waals surface area (Å²) in [7, 11) is 0. The number of carbonyl (C=O) groups is 1. The van der Waals surface area contributed by atoms with Gasteiger partial charge in [0.1, 0.15) is 0 Å². The number of alkyl halides is 2. The lowest BCUT2D eigenvalue weighted by molar-refractivity contribution is -0.171. The Balaban J connectivity index is 3.68. The summed E-state index contributed by atoms with van der Waals surface area (Å²) in [5.41, 5.74) is 0. The van der Waals surface area contributed by atoms with E-state index in [0.717, 1.165) is 6.08 Å². The second-order valence-corrected chi connectivity index (χ2v) is 3.24. The minimum absolute atomic E-state index is 0.100. The lowest BCUT2D eigenvalue weighted by Gasteiger charge is -2.19. The Morgan fingerprint density at radius 2 is 2.07 bits per heavy atom. The number of esters is 1. The second-order valence-electron chi connectivity index (χ2n) is 3.24. The van der Waals surface area contributed by atoms with E-state index in [4.69, 9.17) is 4.74 Å². The van der Waals surface area contributed by atoms with E-state index in [0.29, 0.717) is 6.42 Å². The maximum absolute atomic E-state index is 11.8. The van der Waals surface area contributed by atoms with Crippen LogP contribution in [0.15, 0.2) is 12.7 Å². The van der Waals surface area contributed by atoms with Crippen LogP contribution in [-0.2, 0) is 14.3 Å². The van der Waals surface area contributed by atoms with Crippen LogP contribution >= 0.6 is 0 Å². The van der Waals surface area contributed by atoms with Crippen LogP contribution in [0.5, 0.6) is 0 Å². The van der Waals surface area contributed by atoms with Gasteiger partial charge < -0.3 is 9.47 Å². The molecule has 0 fully saturated rings. The van der Waals surface area contributed by atoms with Crippen LogP contribution in [0.1, 0.15) is 20.3 Å². The van der Waals surface area contributed by atoms with Crippen LogP contribution < -0.4 is 0 Å². The van der Waals surface area contributed by atoms with Crippen molar-refractivity contribution in [2.75, 3.05) is 6.61 Å². The SMILES string of the molecule is C=CC(=O)OCCC(C)C(C)OC(F)F. The van der Waals surface area contributed by atoms with E-state index in [-0.39, 0.29) is 12.5 Å². The molecule has 0 aromatic carbocycles. The molecule has 0 saturated carbocycles. The Morgan fingerprint density at radius 1 is 1.47 bits per heavy atom. The summed E-state index contributed by atoms with van der Waals surface area (Å²) in [6, 6.07) is 0. The molecule has 15 heavy (non-hydrogen) atoms. The smallest absolute Gasteiger partial charge is 0.345 e. The highest BCUT2D eigenvalue weighted by Crippen LogP contribution is 2.14. The number of ether oxygens (including phenoxy) is 2. The van der Waals surface area contributed by atoms with Crippen LogP contribution in [-0.4, -0.2) is 25.3 Å². The van der Waals surface area contributed by atoms with Crippen molar-refractivity contribution in [1.29, 1.82) is 0 Å². The molecule has 0 rings (SSSR count). The molecule has 0 spiro atoms. The fourth-order valence-corrected chi connectivity index (χ4v) is 0.935. The standard InChI is InChI=1S/C10H16F2O3/c1-4-9(13)14-6-5-7(2)8(3)15-10(11)12/h4,7-8,10H,1,5-6H2,2-3H3. The maximum atomic E-state index is 11.8. The zero-order valence-electron chi connectivity index (χ0n) is 8.91. The molecule has 0 aliphatic heterocycles. The second kappa shape index (κ2) is 7.34. The molecule has 0 aromatic heterocycles. The Bertz CT molecular complexity index is 207. The molecule has 2 atom stereocenters. The van der Waals surface area contributed by atoms with Crippen molar-refractivity contribution in [3.63, 3.8) is 0 Å². The molecule has 0 aromatic rings. The third-order valence-corrected chi connectivity index (χ3v) is 2.10. The van der Waals surface area contributed by atoms with Gasteiger partial charge in [-0.1, -0.05) is 13.5 Å². The minimum Gasteiger partial charge on any atom is -0.463 e. The maximum Gasteiger partial charge on any atom is 0.345 e. The van der Waals surface area contributed by atoms with E-state index >= 15 is 0 Å². The van der Waals surface area contributed by atoms with Gasteiger partial charge in [0.15, 0.2) is 0 Å². The topological polar surface area (TPSA) is 35.5 Å². The molecule has 0 N–H and O–H groups in total. The molecule has 0 heterocycles. The molecule has 0 radical (unpaired) electrons. The quantitative estimate of drug-likeness (QED) is 0.490. The van der Waals surface area contributed by atoms with Gasteiger partial charge in [-0.2, -0.15) is 8.78 Å². The molecule has 0 aliphatic carbocycles. The summed E-state index contributed by atoms with van der Waals surface area (Å²) >= 11 is 0. The summed E-state index contributed by atoms with van der Waals surface area (Å²) in [5.74, 6) is -0.610. The first-order valence-electron chi connectivity index (χ1n) is 4.70. The molecular formula is C10H16F2O3. The predicted octanol–water partition coefficient (Wildman–Crippen LogP) is 2.37. The molecule has 0 amide bonds. The average molecular weight is 222 g/mol. The molecule has 3 nitrogen and oxygen atoms in total. The van der Waals surface area contributed by atoms with Crippen LogP contribution in [0, 0.1) is 5.92 Å². The van der Waals surface area contributed by atoms with Gasteiger partial charge >= 0.3 is 12.6 Å². The van der Waals surface area contributed by atoms with Gasteiger partial charge in [0.25, 0.3) is 0 Å². The molecule has 2 unspecified atom stereocenters. The summed E-state index contributed by atoms with van der Waals surface area (Å²) in [6.07, 6.45) is 0.976. The first-order chi connectivity index (χ1) is 6.97. The molecule has 0 saturated heterocycles. The van der Waals surface area contributed by atoms with E-state index in [1.807, 2.05) is 0 Å². The van der Waals surface area contributed by atoms with Gasteiger partial charge in [0, 0.05) is 6.08 Å². The first kappa shape index (κ1) is 14.0. The normalized spacial score (nSPS) is 14.7. The molecule has 0 bridgehead atoms. The largest absolute Gasteiger partial charge is 0.463 e. The molecule has 0 aliphatic rings. The van der Waals surface area contributed by atoms with Gasteiger partial charge in [-0.25, -0.2) is 4.79 Å². The van der Waals surface area contributed by atoms with Crippen LogP contribution in [0.25, 0.3) is 0 Å². The van der Waals surface area contributed by atoms with Crippen molar-refractivity contribution in [3.8, 4) is 0 Å². The van der Waals surface area contributed by atoms with Crippen LogP contribution in [0.4, 0.5) is 8.78 Å². The highest BCUT2D eigenvalue weighted by molar-refractivity contribution is 5.81. The fourth-order valence-electron chi connectivity index (χ4n) is 0.935. The summed E-state index contributed by atoms with van der Waals surface area (Å²) in [4.78, 5) is 10.6. The van der Waals surface area contributed by atoms with Crippen molar-refractivity contribution in [1.82, 2.24) is 0 Å². The minimum atomic E-state index is -2.77. The number of halogens is 2. The zero-order valence-corrected chi connectivity index (χ0v) is 8.91. The highest BCUT2D eigenvalue weighted by atomic mass is 19.3. The van der Waals surface area contributed by atoms with Gasteiger partial charge in [0.05, 0.1) is 12.7 Å². The van der Waals surface area contributed by atoms with Gasteiger partial charge in [-0.3, -0.25) is 0 Å². The van der Waals surface area contributed by atoms with E-state index in [2.05, 4.69) is 11.3 Å². The Kier molecular flexibility index (Phi) is 6.86. The Morgan fingerprint density at radius 3 is 2.53 bits per heavy atom. The molecule has 5 heteroatoms. The average Bonchev–Trinajstić information content (AvgIpc) is 2.16.